The number of hydrogen-bond donors (Lipinski definition) is 3. The molecule has 1 aliphatic heterocycles. The topological polar surface area (TPSA) is 44.3 Å². The summed E-state index contributed by atoms with van der Waals surface area (Å²) in [7, 11) is 0. The Bertz CT molecular complexity index is 117. The smallest absolute Gasteiger partial charge is 0.0717 e. The van der Waals surface area contributed by atoms with E-state index < -0.39 is 0 Å². The van der Waals surface area contributed by atoms with Gasteiger partial charge in [-0.2, -0.15) is 0 Å². The van der Waals surface area contributed by atoms with Crippen LogP contribution in [0.4, 0.5) is 0 Å². The second kappa shape index (κ2) is 4.04. The van der Waals surface area contributed by atoms with Crippen molar-refractivity contribution in [2.24, 2.45) is 0 Å². The first-order valence-corrected chi connectivity index (χ1v) is 4.35. The van der Waals surface area contributed by atoms with Crippen molar-refractivity contribution in [3.63, 3.8) is 0 Å². The third kappa shape index (κ3) is 2.77. The molecule has 0 saturated carbocycles. The zero-order valence-electron chi connectivity index (χ0n) is 7.30. The zero-order chi connectivity index (χ0) is 8.27. The molecule has 0 aliphatic carbocycles. The fourth-order valence-corrected chi connectivity index (χ4v) is 1.44. The van der Waals surface area contributed by atoms with Gasteiger partial charge in [-0.3, -0.25) is 0 Å². The van der Waals surface area contributed by atoms with Crippen molar-refractivity contribution in [2.45, 2.75) is 38.5 Å². The van der Waals surface area contributed by atoms with Crippen molar-refractivity contribution in [1.82, 2.24) is 10.6 Å². The average Bonchev–Trinajstić information content (AvgIpc) is 1.93. The van der Waals surface area contributed by atoms with E-state index in [1.807, 2.05) is 0 Å². The van der Waals surface area contributed by atoms with Crippen molar-refractivity contribution in [3.05, 3.63) is 0 Å². The van der Waals surface area contributed by atoms with E-state index >= 15 is 0 Å². The molecule has 1 saturated heterocycles. The third-order valence-electron chi connectivity index (χ3n) is 1.99. The highest BCUT2D eigenvalue weighted by molar-refractivity contribution is 4.83. The Labute approximate surface area is 68.2 Å². The lowest BCUT2D eigenvalue weighted by Gasteiger charge is -2.30. The maximum Gasteiger partial charge on any atom is 0.0717 e. The van der Waals surface area contributed by atoms with Crippen molar-refractivity contribution in [1.29, 1.82) is 0 Å². The molecule has 0 aromatic rings. The molecule has 1 heterocycles. The van der Waals surface area contributed by atoms with E-state index in [0.29, 0.717) is 6.04 Å². The Morgan fingerprint density at radius 3 is 2.82 bits per heavy atom. The molecule has 1 aliphatic rings. The number of nitrogens with one attached hydrogen (secondary N) is 2. The summed E-state index contributed by atoms with van der Waals surface area (Å²) in [6, 6.07) is 0.693. The van der Waals surface area contributed by atoms with Gasteiger partial charge in [0.25, 0.3) is 0 Å². The van der Waals surface area contributed by atoms with Crippen LogP contribution in [0.5, 0.6) is 0 Å². The highest BCUT2D eigenvalue weighted by Gasteiger charge is 2.22. The van der Waals surface area contributed by atoms with Crippen LogP contribution < -0.4 is 10.6 Å². The molecule has 0 radical (unpaired) electrons. The summed E-state index contributed by atoms with van der Waals surface area (Å²) in [6.45, 7) is 6.03. The van der Waals surface area contributed by atoms with E-state index in [-0.39, 0.29) is 12.1 Å². The molecule has 1 rings (SSSR count). The molecule has 66 valence electrons. The van der Waals surface area contributed by atoms with Crippen molar-refractivity contribution >= 4 is 0 Å². The van der Waals surface area contributed by atoms with Gasteiger partial charge >= 0.3 is 0 Å². The van der Waals surface area contributed by atoms with Crippen molar-refractivity contribution in [2.75, 3.05) is 13.1 Å². The molecule has 0 spiro atoms. The Kier molecular flexibility index (Phi) is 3.30. The molecule has 2 atom stereocenters. The van der Waals surface area contributed by atoms with Gasteiger partial charge in [-0.25, -0.2) is 0 Å². The van der Waals surface area contributed by atoms with Crippen LogP contribution in [0.25, 0.3) is 0 Å². The monoisotopic (exact) mass is 158 g/mol. The first kappa shape index (κ1) is 8.97. The van der Waals surface area contributed by atoms with E-state index in [1.54, 1.807) is 0 Å². The summed E-state index contributed by atoms with van der Waals surface area (Å²) in [5.74, 6) is 0. The van der Waals surface area contributed by atoms with Gasteiger partial charge < -0.3 is 15.7 Å². The minimum atomic E-state index is -0.168. The quantitative estimate of drug-likeness (QED) is 0.517. The molecule has 0 bridgehead atoms. The number of aliphatic hydroxyl groups excluding tert-OH is 1. The van der Waals surface area contributed by atoms with Crippen LogP contribution in [0.3, 0.4) is 0 Å². The second-order valence-corrected chi connectivity index (χ2v) is 3.49. The highest BCUT2D eigenvalue weighted by Crippen LogP contribution is 2.03. The van der Waals surface area contributed by atoms with Gasteiger partial charge in [0.2, 0.25) is 0 Å². The summed E-state index contributed by atoms with van der Waals surface area (Å²) >= 11 is 0. The van der Waals surface area contributed by atoms with E-state index in [0.717, 1.165) is 19.5 Å². The van der Waals surface area contributed by atoms with E-state index in [9.17, 15) is 5.11 Å². The Balaban J connectivity index is 2.29. The maximum absolute atomic E-state index is 9.52. The van der Waals surface area contributed by atoms with Crippen LogP contribution in [0, 0.1) is 0 Å². The van der Waals surface area contributed by atoms with Crippen LogP contribution in [0.2, 0.25) is 0 Å². The number of rotatable bonds is 2. The maximum atomic E-state index is 9.52. The molecular weight excluding hydrogens is 140 g/mol. The lowest BCUT2D eigenvalue weighted by molar-refractivity contribution is 0.0953. The van der Waals surface area contributed by atoms with Gasteiger partial charge in [-0.15, -0.1) is 0 Å². The van der Waals surface area contributed by atoms with Crippen LogP contribution in [-0.2, 0) is 0 Å². The van der Waals surface area contributed by atoms with E-state index in [4.69, 9.17) is 0 Å². The molecule has 0 unspecified atom stereocenters. The van der Waals surface area contributed by atoms with Crippen LogP contribution in [0.15, 0.2) is 0 Å². The van der Waals surface area contributed by atoms with E-state index in [2.05, 4.69) is 24.5 Å². The average molecular weight is 158 g/mol. The van der Waals surface area contributed by atoms with Gasteiger partial charge in [0.1, 0.15) is 0 Å². The van der Waals surface area contributed by atoms with Crippen molar-refractivity contribution < 1.29 is 5.11 Å². The summed E-state index contributed by atoms with van der Waals surface area (Å²) in [5.41, 5.74) is 0. The third-order valence-corrected chi connectivity index (χ3v) is 1.99. The summed E-state index contributed by atoms with van der Waals surface area (Å²) in [5, 5.41) is 16.1. The molecular formula is C8H18N2O. The molecule has 0 amide bonds. The normalized spacial score (nSPS) is 32.7. The highest BCUT2D eigenvalue weighted by atomic mass is 16.3. The Hall–Kier alpha value is -0.120. The number of aliphatic hydroxyl groups is 1. The molecule has 3 heteroatoms. The first-order valence-electron chi connectivity index (χ1n) is 4.35. The first-order chi connectivity index (χ1) is 5.20. The minimum Gasteiger partial charge on any atom is -0.391 e. The van der Waals surface area contributed by atoms with Gasteiger partial charge in [-0.1, -0.05) is 13.8 Å². The van der Waals surface area contributed by atoms with Crippen LogP contribution in [-0.4, -0.2) is 36.4 Å². The molecule has 3 nitrogen and oxygen atoms in total. The summed E-state index contributed by atoms with van der Waals surface area (Å²) in [6.07, 6.45) is 0.698. The van der Waals surface area contributed by atoms with Gasteiger partial charge in [0.05, 0.1) is 6.10 Å². The summed E-state index contributed by atoms with van der Waals surface area (Å²) < 4.78 is 0. The molecule has 0 aromatic carbocycles. The van der Waals surface area contributed by atoms with Gasteiger partial charge in [0, 0.05) is 18.6 Å². The van der Waals surface area contributed by atoms with E-state index in [1.165, 1.54) is 0 Å². The fourth-order valence-electron chi connectivity index (χ4n) is 1.44. The zero-order valence-corrected chi connectivity index (χ0v) is 7.30. The van der Waals surface area contributed by atoms with Crippen LogP contribution in [0.1, 0.15) is 20.3 Å². The molecule has 0 aromatic heterocycles. The molecule has 1 fully saturated rings. The Morgan fingerprint density at radius 1 is 1.55 bits per heavy atom. The minimum absolute atomic E-state index is 0.168. The number of hydrogen-bond acceptors (Lipinski definition) is 3. The lowest BCUT2D eigenvalue weighted by atomic mass is 10.0. The molecule has 11 heavy (non-hydrogen) atoms. The van der Waals surface area contributed by atoms with Gasteiger partial charge in [-0.05, 0) is 13.0 Å². The van der Waals surface area contributed by atoms with Crippen molar-refractivity contribution in [3.8, 4) is 0 Å². The SMILES string of the molecule is CC(C)N[C@H]1CNCC[C@@H]1O. The number of piperidine rings is 1. The predicted molar refractivity (Wildman–Crippen MR) is 45.6 cm³/mol. The lowest BCUT2D eigenvalue weighted by Crippen LogP contribution is -2.53. The predicted octanol–water partition coefficient (Wildman–Crippen LogP) is -0.293. The standard InChI is InChI=1S/C8H18N2O/c1-6(2)10-7-5-9-4-3-8(7)11/h6-11H,3-5H2,1-2H3/t7-,8-/m0/s1. The Morgan fingerprint density at radius 2 is 2.27 bits per heavy atom. The van der Waals surface area contributed by atoms with Crippen LogP contribution >= 0.6 is 0 Å². The largest absolute Gasteiger partial charge is 0.391 e. The molecule has 3 N–H and O–H groups in total. The fraction of sp³-hybridized carbons (Fsp3) is 1.00. The summed E-state index contributed by atoms with van der Waals surface area (Å²) in [4.78, 5) is 0. The van der Waals surface area contributed by atoms with Gasteiger partial charge in [0.15, 0.2) is 0 Å². The second-order valence-electron chi connectivity index (χ2n) is 3.49.